The summed E-state index contributed by atoms with van der Waals surface area (Å²) in [4.78, 5) is 0. The minimum Gasteiger partial charge on any atom is -0.393 e. The van der Waals surface area contributed by atoms with Crippen LogP contribution < -0.4 is 0 Å². The Balaban J connectivity index is 2.63. The van der Waals surface area contributed by atoms with Gasteiger partial charge in [-0.25, -0.2) is 0 Å². The topological polar surface area (TPSA) is 90.2 Å². The van der Waals surface area contributed by atoms with Crippen LogP contribution in [0.5, 0.6) is 0 Å². The summed E-state index contributed by atoms with van der Waals surface area (Å²) in [6.07, 6.45) is -2.94. The third-order valence-corrected chi connectivity index (χ3v) is 2.18. The summed E-state index contributed by atoms with van der Waals surface area (Å²) in [5, 5.41) is 37.4. The van der Waals surface area contributed by atoms with Crippen molar-refractivity contribution < 1.29 is 25.2 Å². The molecule has 1 heterocycles. The first-order chi connectivity index (χ1) is 5.96. The first-order valence-electron chi connectivity index (χ1n) is 4.36. The molecule has 1 saturated heterocycles. The van der Waals surface area contributed by atoms with Crippen LogP contribution in [-0.4, -0.2) is 51.1 Å². The summed E-state index contributed by atoms with van der Waals surface area (Å²) < 4.78 is 4.94. The number of rotatable bonds is 2. The van der Waals surface area contributed by atoms with E-state index in [1.807, 2.05) is 0 Å². The Bertz CT molecular complexity index is 172. The maximum atomic E-state index is 9.69. The molecule has 4 unspecified atom stereocenters. The average molecular weight is 192 g/mol. The molecule has 78 valence electrons. The average Bonchev–Trinajstić information content (AvgIpc) is 1.99. The van der Waals surface area contributed by atoms with Crippen molar-refractivity contribution in [2.24, 2.45) is 0 Å². The van der Waals surface area contributed by atoms with E-state index in [0.29, 0.717) is 6.42 Å². The molecular formula is C8H16O5. The SMILES string of the molecule is CC(O)CC1(O)OCCC(O)C1O. The van der Waals surface area contributed by atoms with Crippen molar-refractivity contribution in [3.8, 4) is 0 Å². The highest BCUT2D eigenvalue weighted by Gasteiger charge is 2.44. The van der Waals surface area contributed by atoms with Gasteiger partial charge in [-0.15, -0.1) is 0 Å². The first kappa shape index (κ1) is 10.9. The van der Waals surface area contributed by atoms with Crippen LogP contribution in [0, 0.1) is 0 Å². The summed E-state index contributed by atoms with van der Waals surface area (Å²) in [7, 11) is 0. The van der Waals surface area contributed by atoms with E-state index in [-0.39, 0.29) is 13.0 Å². The predicted octanol–water partition coefficient (Wildman–Crippen LogP) is -1.41. The van der Waals surface area contributed by atoms with Gasteiger partial charge in [-0.1, -0.05) is 0 Å². The molecule has 0 spiro atoms. The molecule has 1 rings (SSSR count). The van der Waals surface area contributed by atoms with Crippen molar-refractivity contribution in [2.75, 3.05) is 6.61 Å². The largest absolute Gasteiger partial charge is 0.393 e. The number of ether oxygens (including phenoxy) is 1. The molecule has 4 atom stereocenters. The van der Waals surface area contributed by atoms with E-state index >= 15 is 0 Å². The van der Waals surface area contributed by atoms with Crippen molar-refractivity contribution >= 4 is 0 Å². The Morgan fingerprint density at radius 2 is 2.15 bits per heavy atom. The molecule has 0 aromatic rings. The smallest absolute Gasteiger partial charge is 0.196 e. The van der Waals surface area contributed by atoms with E-state index in [9.17, 15) is 15.3 Å². The molecule has 0 amide bonds. The van der Waals surface area contributed by atoms with Gasteiger partial charge < -0.3 is 25.2 Å². The zero-order valence-corrected chi connectivity index (χ0v) is 7.55. The fourth-order valence-corrected chi connectivity index (χ4v) is 1.50. The Hall–Kier alpha value is -0.200. The van der Waals surface area contributed by atoms with Crippen molar-refractivity contribution in [1.29, 1.82) is 0 Å². The molecule has 0 aliphatic carbocycles. The molecule has 0 aromatic heterocycles. The highest BCUT2D eigenvalue weighted by molar-refractivity contribution is 4.87. The third kappa shape index (κ3) is 2.38. The van der Waals surface area contributed by atoms with E-state index in [4.69, 9.17) is 9.84 Å². The first-order valence-corrected chi connectivity index (χ1v) is 4.36. The zero-order chi connectivity index (χ0) is 10.1. The van der Waals surface area contributed by atoms with E-state index in [1.165, 1.54) is 6.92 Å². The summed E-state index contributed by atoms with van der Waals surface area (Å²) >= 11 is 0. The predicted molar refractivity (Wildman–Crippen MR) is 43.8 cm³/mol. The van der Waals surface area contributed by atoms with Crippen LogP contribution in [0.25, 0.3) is 0 Å². The Morgan fingerprint density at radius 3 is 2.69 bits per heavy atom. The quantitative estimate of drug-likeness (QED) is 0.431. The van der Waals surface area contributed by atoms with Gasteiger partial charge in [0, 0.05) is 6.42 Å². The van der Waals surface area contributed by atoms with Gasteiger partial charge in [0.25, 0.3) is 0 Å². The summed E-state index contributed by atoms with van der Waals surface area (Å²) in [5.41, 5.74) is 0. The fourth-order valence-electron chi connectivity index (χ4n) is 1.50. The van der Waals surface area contributed by atoms with E-state index < -0.39 is 24.1 Å². The van der Waals surface area contributed by atoms with Crippen LogP contribution >= 0.6 is 0 Å². The second-order valence-electron chi connectivity index (χ2n) is 3.55. The van der Waals surface area contributed by atoms with Gasteiger partial charge >= 0.3 is 0 Å². The molecule has 0 aromatic carbocycles. The summed E-state index contributed by atoms with van der Waals surface area (Å²) in [6.45, 7) is 1.66. The zero-order valence-electron chi connectivity index (χ0n) is 7.55. The van der Waals surface area contributed by atoms with Gasteiger partial charge in [0.15, 0.2) is 5.79 Å². The molecule has 0 radical (unpaired) electrons. The minimum absolute atomic E-state index is 0.106. The third-order valence-electron chi connectivity index (χ3n) is 2.18. The minimum atomic E-state index is -1.81. The van der Waals surface area contributed by atoms with Crippen LogP contribution in [0.3, 0.4) is 0 Å². The van der Waals surface area contributed by atoms with Crippen LogP contribution in [0.2, 0.25) is 0 Å². The molecule has 5 nitrogen and oxygen atoms in total. The molecule has 0 bridgehead atoms. The van der Waals surface area contributed by atoms with Crippen molar-refractivity contribution in [3.05, 3.63) is 0 Å². The highest BCUT2D eigenvalue weighted by atomic mass is 16.6. The Kier molecular flexibility index (Phi) is 3.26. The summed E-state index contributed by atoms with van der Waals surface area (Å²) in [5.74, 6) is -1.81. The molecule has 0 saturated carbocycles. The van der Waals surface area contributed by atoms with E-state index in [2.05, 4.69) is 0 Å². The van der Waals surface area contributed by atoms with Crippen LogP contribution in [-0.2, 0) is 4.74 Å². The molecule has 1 aliphatic rings. The van der Waals surface area contributed by atoms with Gasteiger partial charge in [0.1, 0.15) is 6.10 Å². The second kappa shape index (κ2) is 3.89. The van der Waals surface area contributed by atoms with Gasteiger partial charge in [-0.2, -0.15) is 0 Å². The number of hydrogen-bond donors (Lipinski definition) is 4. The van der Waals surface area contributed by atoms with Crippen LogP contribution in [0.1, 0.15) is 19.8 Å². The normalized spacial score (nSPS) is 43.2. The standard InChI is InChI=1S/C8H16O5/c1-5(9)4-8(12)7(11)6(10)2-3-13-8/h5-7,9-12H,2-4H2,1H3. The lowest BCUT2D eigenvalue weighted by Crippen LogP contribution is -2.56. The number of hydrogen-bond acceptors (Lipinski definition) is 5. The van der Waals surface area contributed by atoms with E-state index in [1.54, 1.807) is 0 Å². The van der Waals surface area contributed by atoms with Gasteiger partial charge in [-0.3, -0.25) is 0 Å². The van der Waals surface area contributed by atoms with Crippen molar-refractivity contribution in [2.45, 2.75) is 43.9 Å². The molecule has 4 N–H and O–H groups in total. The fraction of sp³-hybridized carbons (Fsp3) is 1.00. The lowest BCUT2D eigenvalue weighted by molar-refractivity contribution is -0.308. The number of aliphatic hydroxyl groups excluding tert-OH is 3. The molecular weight excluding hydrogens is 176 g/mol. The second-order valence-corrected chi connectivity index (χ2v) is 3.55. The van der Waals surface area contributed by atoms with Crippen molar-refractivity contribution in [3.63, 3.8) is 0 Å². The van der Waals surface area contributed by atoms with Crippen LogP contribution in [0.15, 0.2) is 0 Å². The lowest BCUT2D eigenvalue weighted by atomic mass is 9.94. The maximum absolute atomic E-state index is 9.69. The maximum Gasteiger partial charge on any atom is 0.196 e. The summed E-state index contributed by atoms with van der Waals surface area (Å²) in [6, 6.07) is 0. The molecule has 1 aliphatic heterocycles. The van der Waals surface area contributed by atoms with Crippen LogP contribution in [0.4, 0.5) is 0 Å². The van der Waals surface area contributed by atoms with Gasteiger partial charge in [0.05, 0.1) is 18.8 Å². The number of aliphatic hydroxyl groups is 4. The molecule has 5 heteroatoms. The van der Waals surface area contributed by atoms with Crippen molar-refractivity contribution in [1.82, 2.24) is 0 Å². The monoisotopic (exact) mass is 192 g/mol. The Labute approximate surface area is 76.6 Å². The molecule has 13 heavy (non-hydrogen) atoms. The molecule has 1 fully saturated rings. The lowest BCUT2D eigenvalue weighted by Gasteiger charge is -2.40. The van der Waals surface area contributed by atoms with Gasteiger partial charge in [-0.05, 0) is 13.3 Å². The highest BCUT2D eigenvalue weighted by Crippen LogP contribution is 2.27. The van der Waals surface area contributed by atoms with E-state index in [0.717, 1.165) is 0 Å². The Morgan fingerprint density at radius 1 is 1.54 bits per heavy atom. The van der Waals surface area contributed by atoms with Gasteiger partial charge in [0.2, 0.25) is 0 Å².